The average Bonchev–Trinajstić information content (AvgIpc) is 2.04. The van der Waals surface area contributed by atoms with E-state index in [1.807, 2.05) is 0 Å². The monoisotopic (exact) mass is 188 g/mol. The van der Waals surface area contributed by atoms with Gasteiger partial charge >= 0.3 is 0 Å². The van der Waals surface area contributed by atoms with Crippen LogP contribution in [0.3, 0.4) is 0 Å². The van der Waals surface area contributed by atoms with Crippen LogP contribution >= 0.6 is 0 Å². The SMILES string of the molecule is NC1(CCO)CCCN(CCO)C1. The molecule has 0 saturated carbocycles. The highest BCUT2D eigenvalue weighted by Crippen LogP contribution is 2.21. The normalized spacial score (nSPS) is 30.7. The first-order valence-electron chi connectivity index (χ1n) is 4.93. The fourth-order valence-electron chi connectivity index (χ4n) is 2.02. The van der Waals surface area contributed by atoms with Crippen molar-refractivity contribution < 1.29 is 10.2 Å². The van der Waals surface area contributed by atoms with Gasteiger partial charge in [-0.3, -0.25) is 4.90 Å². The van der Waals surface area contributed by atoms with Crippen LogP contribution in [-0.2, 0) is 0 Å². The summed E-state index contributed by atoms with van der Waals surface area (Å²) in [6, 6.07) is 0. The third kappa shape index (κ3) is 3.23. The van der Waals surface area contributed by atoms with Gasteiger partial charge in [0.25, 0.3) is 0 Å². The van der Waals surface area contributed by atoms with Crippen LogP contribution < -0.4 is 5.73 Å². The lowest BCUT2D eigenvalue weighted by Gasteiger charge is -2.39. The fourth-order valence-corrected chi connectivity index (χ4v) is 2.02. The second-order valence-electron chi connectivity index (χ2n) is 3.94. The maximum atomic E-state index is 8.85. The number of hydrogen-bond donors (Lipinski definition) is 3. The van der Waals surface area contributed by atoms with Crippen molar-refractivity contribution in [3.8, 4) is 0 Å². The van der Waals surface area contributed by atoms with Gasteiger partial charge in [0.05, 0.1) is 6.61 Å². The topological polar surface area (TPSA) is 69.7 Å². The maximum Gasteiger partial charge on any atom is 0.0558 e. The predicted octanol–water partition coefficient (Wildman–Crippen LogP) is -0.846. The molecule has 0 aromatic carbocycles. The smallest absolute Gasteiger partial charge is 0.0558 e. The number of piperidine rings is 1. The number of β-amino-alcohol motifs (C(OH)–C–C–N with tert-alkyl or cyclic N) is 1. The molecule has 0 amide bonds. The van der Waals surface area contributed by atoms with E-state index in [0.717, 1.165) is 25.9 Å². The first kappa shape index (κ1) is 10.9. The lowest BCUT2D eigenvalue weighted by Crippen LogP contribution is -2.55. The molecule has 13 heavy (non-hydrogen) atoms. The van der Waals surface area contributed by atoms with E-state index < -0.39 is 0 Å². The number of nitrogens with two attached hydrogens (primary N) is 1. The van der Waals surface area contributed by atoms with Gasteiger partial charge in [0.2, 0.25) is 0 Å². The largest absolute Gasteiger partial charge is 0.396 e. The Kier molecular flexibility index (Phi) is 4.12. The first-order chi connectivity index (χ1) is 6.20. The van der Waals surface area contributed by atoms with E-state index in [4.69, 9.17) is 15.9 Å². The van der Waals surface area contributed by atoms with Gasteiger partial charge in [-0.1, -0.05) is 0 Å². The molecule has 0 aromatic heterocycles. The molecule has 1 heterocycles. The summed E-state index contributed by atoms with van der Waals surface area (Å²) >= 11 is 0. The zero-order valence-electron chi connectivity index (χ0n) is 8.08. The van der Waals surface area contributed by atoms with Gasteiger partial charge < -0.3 is 15.9 Å². The molecule has 0 bridgehead atoms. The summed E-state index contributed by atoms with van der Waals surface area (Å²) < 4.78 is 0. The molecule has 4 nitrogen and oxygen atoms in total. The van der Waals surface area contributed by atoms with Gasteiger partial charge in [0, 0.05) is 25.2 Å². The van der Waals surface area contributed by atoms with E-state index in [0.29, 0.717) is 13.0 Å². The summed E-state index contributed by atoms with van der Waals surface area (Å²) in [5.74, 6) is 0. The highest BCUT2D eigenvalue weighted by Gasteiger charge is 2.30. The van der Waals surface area contributed by atoms with E-state index in [2.05, 4.69) is 4.90 Å². The molecular formula is C9H20N2O2. The zero-order chi connectivity index (χ0) is 9.73. The zero-order valence-corrected chi connectivity index (χ0v) is 8.08. The van der Waals surface area contributed by atoms with Crippen molar-refractivity contribution in [2.75, 3.05) is 32.8 Å². The van der Waals surface area contributed by atoms with Gasteiger partial charge in [0.1, 0.15) is 0 Å². The molecule has 0 aliphatic carbocycles. The van der Waals surface area contributed by atoms with E-state index in [1.54, 1.807) is 0 Å². The Balaban J connectivity index is 2.39. The summed E-state index contributed by atoms with van der Waals surface area (Å²) in [7, 11) is 0. The van der Waals surface area contributed by atoms with E-state index >= 15 is 0 Å². The quantitative estimate of drug-likeness (QED) is 0.538. The fraction of sp³-hybridized carbons (Fsp3) is 1.00. The molecule has 1 fully saturated rings. The summed E-state index contributed by atoms with van der Waals surface area (Å²) in [6.45, 7) is 2.86. The highest BCUT2D eigenvalue weighted by atomic mass is 16.3. The van der Waals surface area contributed by atoms with Gasteiger partial charge in [-0.15, -0.1) is 0 Å². The number of aliphatic hydroxyl groups is 2. The van der Waals surface area contributed by atoms with Crippen molar-refractivity contribution in [2.24, 2.45) is 5.73 Å². The number of aliphatic hydroxyl groups excluding tert-OH is 2. The van der Waals surface area contributed by atoms with Crippen LogP contribution in [-0.4, -0.2) is 53.5 Å². The van der Waals surface area contributed by atoms with E-state index in [-0.39, 0.29) is 18.8 Å². The molecular weight excluding hydrogens is 168 g/mol. The Labute approximate surface area is 79.3 Å². The lowest BCUT2D eigenvalue weighted by atomic mass is 9.87. The van der Waals surface area contributed by atoms with Gasteiger partial charge in [0.15, 0.2) is 0 Å². The van der Waals surface area contributed by atoms with Crippen molar-refractivity contribution in [3.63, 3.8) is 0 Å². The molecule has 0 spiro atoms. The molecule has 1 saturated heterocycles. The third-order valence-corrected chi connectivity index (χ3v) is 2.71. The van der Waals surface area contributed by atoms with Crippen LogP contribution in [0.15, 0.2) is 0 Å². The second kappa shape index (κ2) is 4.91. The third-order valence-electron chi connectivity index (χ3n) is 2.71. The Morgan fingerprint density at radius 1 is 1.31 bits per heavy atom. The maximum absolute atomic E-state index is 8.85. The van der Waals surface area contributed by atoms with Crippen molar-refractivity contribution >= 4 is 0 Å². The van der Waals surface area contributed by atoms with Gasteiger partial charge in [-0.05, 0) is 25.8 Å². The van der Waals surface area contributed by atoms with E-state index in [1.165, 1.54) is 0 Å². The molecule has 4 N–H and O–H groups in total. The standard InChI is InChI=1S/C9H20N2O2/c10-9(3-6-12)2-1-4-11(8-9)5-7-13/h12-13H,1-8,10H2. The van der Waals surface area contributed by atoms with Crippen molar-refractivity contribution in [1.82, 2.24) is 4.90 Å². The Morgan fingerprint density at radius 2 is 2.08 bits per heavy atom. The number of hydrogen-bond acceptors (Lipinski definition) is 4. The minimum atomic E-state index is -0.234. The lowest BCUT2D eigenvalue weighted by molar-refractivity contribution is 0.105. The minimum Gasteiger partial charge on any atom is -0.396 e. The molecule has 1 aliphatic rings. The Hall–Kier alpha value is -0.160. The van der Waals surface area contributed by atoms with Crippen molar-refractivity contribution in [3.05, 3.63) is 0 Å². The van der Waals surface area contributed by atoms with Crippen LogP contribution in [0.4, 0.5) is 0 Å². The van der Waals surface area contributed by atoms with Crippen LogP contribution in [0.5, 0.6) is 0 Å². The highest BCUT2D eigenvalue weighted by molar-refractivity contribution is 4.91. The molecule has 0 radical (unpaired) electrons. The predicted molar refractivity (Wildman–Crippen MR) is 51.4 cm³/mol. The number of likely N-dealkylation sites (tertiary alicyclic amines) is 1. The van der Waals surface area contributed by atoms with Gasteiger partial charge in [-0.2, -0.15) is 0 Å². The van der Waals surface area contributed by atoms with Crippen LogP contribution in [0.2, 0.25) is 0 Å². The molecule has 1 atom stereocenters. The summed E-state index contributed by atoms with van der Waals surface area (Å²) in [5.41, 5.74) is 5.87. The van der Waals surface area contributed by atoms with Crippen LogP contribution in [0.25, 0.3) is 0 Å². The Bertz CT molecular complexity index is 149. The van der Waals surface area contributed by atoms with Crippen molar-refractivity contribution in [2.45, 2.75) is 24.8 Å². The molecule has 4 heteroatoms. The molecule has 0 aromatic rings. The summed E-state index contributed by atoms with van der Waals surface area (Å²) in [4.78, 5) is 2.17. The number of nitrogens with zero attached hydrogens (tertiary/aromatic N) is 1. The van der Waals surface area contributed by atoms with Crippen molar-refractivity contribution in [1.29, 1.82) is 0 Å². The van der Waals surface area contributed by atoms with E-state index in [9.17, 15) is 0 Å². The summed E-state index contributed by atoms with van der Waals surface area (Å²) in [5, 5.41) is 17.6. The van der Waals surface area contributed by atoms with Crippen LogP contribution in [0.1, 0.15) is 19.3 Å². The summed E-state index contributed by atoms with van der Waals surface area (Å²) in [6.07, 6.45) is 2.71. The molecule has 1 rings (SSSR count). The molecule has 1 aliphatic heterocycles. The minimum absolute atomic E-state index is 0.156. The molecule has 1 unspecified atom stereocenters. The first-order valence-corrected chi connectivity index (χ1v) is 4.93. The molecule has 78 valence electrons. The number of rotatable bonds is 4. The Morgan fingerprint density at radius 3 is 2.69 bits per heavy atom. The van der Waals surface area contributed by atoms with Gasteiger partial charge in [-0.25, -0.2) is 0 Å². The average molecular weight is 188 g/mol. The van der Waals surface area contributed by atoms with Crippen LogP contribution in [0, 0.1) is 0 Å². The second-order valence-corrected chi connectivity index (χ2v) is 3.94.